The summed E-state index contributed by atoms with van der Waals surface area (Å²) in [7, 11) is -1.68. The summed E-state index contributed by atoms with van der Waals surface area (Å²) < 4.78 is 28.7. The first kappa shape index (κ1) is 18.2. The van der Waals surface area contributed by atoms with E-state index in [0.717, 1.165) is 32.1 Å². The molecule has 0 spiro atoms. The molecule has 20 heavy (non-hydrogen) atoms. The van der Waals surface area contributed by atoms with E-state index in [2.05, 4.69) is 13.8 Å². The lowest BCUT2D eigenvalue weighted by Gasteiger charge is -2.32. The van der Waals surface area contributed by atoms with E-state index in [1.54, 1.807) is 11.4 Å². The number of hydrogen-bond donors (Lipinski definition) is 0. The summed E-state index contributed by atoms with van der Waals surface area (Å²) in [5.74, 6) is 1.01. The molecule has 0 heterocycles. The summed E-state index contributed by atoms with van der Waals surface area (Å²) in [5, 5.41) is 0. The van der Waals surface area contributed by atoms with Crippen LogP contribution in [0.5, 0.6) is 0 Å². The van der Waals surface area contributed by atoms with Crippen molar-refractivity contribution in [1.82, 2.24) is 8.61 Å². The predicted octanol–water partition coefficient (Wildman–Crippen LogP) is 3.08. The van der Waals surface area contributed by atoms with Crippen molar-refractivity contribution in [2.75, 3.05) is 26.0 Å². The van der Waals surface area contributed by atoms with Crippen LogP contribution in [0.25, 0.3) is 0 Å². The summed E-state index contributed by atoms with van der Waals surface area (Å²) in [6, 6.07) is 0.192. The molecule has 0 aromatic carbocycles. The first-order valence-electron chi connectivity index (χ1n) is 7.68. The summed E-state index contributed by atoms with van der Waals surface area (Å²) in [6.07, 6.45) is 5.90. The van der Waals surface area contributed by atoms with Gasteiger partial charge in [0.05, 0.1) is 0 Å². The SMILES string of the molecule is CC(C)CCN(C1CCCC1)S(=O)(=O)N(C)CCCCl. The van der Waals surface area contributed by atoms with E-state index in [9.17, 15) is 8.42 Å². The zero-order valence-electron chi connectivity index (χ0n) is 13.0. The lowest BCUT2D eigenvalue weighted by molar-refractivity contribution is 0.280. The van der Waals surface area contributed by atoms with Crippen molar-refractivity contribution in [2.24, 2.45) is 5.92 Å². The second-order valence-corrected chi connectivity index (χ2v) is 8.47. The number of rotatable bonds is 9. The standard InChI is InChI=1S/C14H29ClN2O2S/c1-13(2)9-12-17(14-7-4-5-8-14)20(18,19)16(3)11-6-10-15/h13-14H,4-12H2,1-3H3. The van der Waals surface area contributed by atoms with E-state index in [1.165, 1.54) is 4.31 Å². The van der Waals surface area contributed by atoms with Crippen molar-refractivity contribution in [2.45, 2.75) is 58.4 Å². The molecule has 120 valence electrons. The summed E-state index contributed by atoms with van der Waals surface area (Å²) >= 11 is 5.67. The number of hydrogen-bond acceptors (Lipinski definition) is 2. The largest absolute Gasteiger partial charge is 0.281 e. The third-order valence-electron chi connectivity index (χ3n) is 3.96. The zero-order valence-corrected chi connectivity index (χ0v) is 14.6. The van der Waals surface area contributed by atoms with Gasteiger partial charge in [-0.2, -0.15) is 17.0 Å². The maximum Gasteiger partial charge on any atom is 0.281 e. The molecule has 0 unspecified atom stereocenters. The topological polar surface area (TPSA) is 40.6 Å². The molecule has 0 N–H and O–H groups in total. The number of nitrogens with zero attached hydrogens (tertiary/aromatic N) is 2. The fraction of sp³-hybridized carbons (Fsp3) is 1.00. The van der Waals surface area contributed by atoms with Crippen LogP contribution >= 0.6 is 11.6 Å². The van der Waals surface area contributed by atoms with Gasteiger partial charge in [-0.1, -0.05) is 26.7 Å². The molecule has 1 aliphatic carbocycles. The van der Waals surface area contributed by atoms with Crippen molar-refractivity contribution in [3.63, 3.8) is 0 Å². The monoisotopic (exact) mass is 324 g/mol. The highest BCUT2D eigenvalue weighted by Crippen LogP contribution is 2.27. The Kier molecular flexibility index (Phi) is 7.80. The lowest BCUT2D eigenvalue weighted by Crippen LogP contribution is -2.47. The highest BCUT2D eigenvalue weighted by Gasteiger charge is 2.34. The Morgan fingerprint density at radius 1 is 1.20 bits per heavy atom. The van der Waals surface area contributed by atoms with Gasteiger partial charge >= 0.3 is 0 Å². The van der Waals surface area contributed by atoms with Gasteiger partial charge in [-0.25, -0.2) is 0 Å². The van der Waals surface area contributed by atoms with Crippen LogP contribution in [0.4, 0.5) is 0 Å². The summed E-state index contributed by atoms with van der Waals surface area (Å²) in [5.41, 5.74) is 0. The van der Waals surface area contributed by atoms with E-state index in [0.29, 0.717) is 31.3 Å². The fourth-order valence-corrected chi connectivity index (χ4v) is 4.40. The molecule has 1 fully saturated rings. The molecule has 0 amide bonds. The zero-order chi connectivity index (χ0) is 15.2. The summed E-state index contributed by atoms with van der Waals surface area (Å²) in [6.45, 7) is 5.40. The van der Waals surface area contributed by atoms with Gasteiger partial charge in [-0.3, -0.25) is 0 Å². The molecule has 6 heteroatoms. The Morgan fingerprint density at radius 2 is 1.80 bits per heavy atom. The fourth-order valence-electron chi connectivity index (χ4n) is 2.64. The molecule has 0 aromatic heterocycles. The number of alkyl halides is 1. The molecule has 0 bridgehead atoms. The van der Waals surface area contributed by atoms with E-state index in [1.807, 2.05) is 0 Å². The van der Waals surface area contributed by atoms with Gasteiger partial charge in [0.2, 0.25) is 0 Å². The van der Waals surface area contributed by atoms with Crippen LogP contribution in [0.1, 0.15) is 52.4 Å². The van der Waals surface area contributed by atoms with Gasteiger partial charge in [0.1, 0.15) is 0 Å². The molecular weight excluding hydrogens is 296 g/mol. The van der Waals surface area contributed by atoms with Crippen molar-refractivity contribution < 1.29 is 8.42 Å². The second kappa shape index (κ2) is 8.57. The third-order valence-corrected chi connectivity index (χ3v) is 6.27. The first-order valence-corrected chi connectivity index (χ1v) is 9.61. The van der Waals surface area contributed by atoms with Crippen molar-refractivity contribution in [3.8, 4) is 0 Å². The van der Waals surface area contributed by atoms with Crippen LogP contribution in [0.15, 0.2) is 0 Å². The third kappa shape index (κ3) is 5.17. The Bertz CT molecular complexity index is 367. The summed E-state index contributed by atoms with van der Waals surface area (Å²) in [4.78, 5) is 0. The highest BCUT2D eigenvalue weighted by atomic mass is 35.5. The van der Waals surface area contributed by atoms with E-state index in [4.69, 9.17) is 11.6 Å². The average Bonchev–Trinajstić information content (AvgIpc) is 2.89. The van der Waals surface area contributed by atoms with Crippen LogP contribution in [-0.2, 0) is 10.2 Å². The Labute approximate surface area is 129 Å². The highest BCUT2D eigenvalue weighted by molar-refractivity contribution is 7.86. The first-order chi connectivity index (χ1) is 9.39. The van der Waals surface area contributed by atoms with Crippen LogP contribution in [-0.4, -0.2) is 49.1 Å². The molecule has 1 saturated carbocycles. The molecule has 0 aromatic rings. The van der Waals surface area contributed by atoms with Gasteiger partial charge < -0.3 is 0 Å². The molecule has 0 saturated heterocycles. The lowest BCUT2D eigenvalue weighted by atomic mass is 10.1. The average molecular weight is 325 g/mol. The van der Waals surface area contributed by atoms with E-state index < -0.39 is 10.2 Å². The van der Waals surface area contributed by atoms with Crippen molar-refractivity contribution >= 4 is 21.8 Å². The quantitative estimate of drug-likeness (QED) is 0.611. The molecule has 1 aliphatic rings. The minimum Gasteiger partial charge on any atom is -0.195 e. The Morgan fingerprint density at radius 3 is 2.30 bits per heavy atom. The Balaban J connectivity index is 2.78. The molecule has 0 radical (unpaired) electrons. The van der Waals surface area contributed by atoms with Gasteiger partial charge in [-0.05, 0) is 31.6 Å². The van der Waals surface area contributed by atoms with Gasteiger partial charge in [0, 0.05) is 32.1 Å². The van der Waals surface area contributed by atoms with Gasteiger partial charge in [-0.15, -0.1) is 11.6 Å². The van der Waals surface area contributed by atoms with E-state index >= 15 is 0 Å². The molecule has 0 atom stereocenters. The number of halogens is 1. The van der Waals surface area contributed by atoms with Crippen LogP contribution in [0.3, 0.4) is 0 Å². The van der Waals surface area contributed by atoms with Crippen molar-refractivity contribution in [3.05, 3.63) is 0 Å². The van der Waals surface area contributed by atoms with E-state index in [-0.39, 0.29) is 6.04 Å². The molecule has 1 rings (SSSR count). The normalized spacial score (nSPS) is 17.8. The van der Waals surface area contributed by atoms with Crippen LogP contribution in [0, 0.1) is 5.92 Å². The molecule has 0 aliphatic heterocycles. The van der Waals surface area contributed by atoms with Crippen LogP contribution < -0.4 is 0 Å². The van der Waals surface area contributed by atoms with Gasteiger partial charge in [0.25, 0.3) is 10.2 Å². The Hall–Kier alpha value is 0.160. The maximum atomic E-state index is 12.7. The second-order valence-electron chi connectivity index (χ2n) is 6.10. The van der Waals surface area contributed by atoms with Gasteiger partial charge in [0.15, 0.2) is 0 Å². The maximum absolute atomic E-state index is 12.7. The van der Waals surface area contributed by atoms with Crippen LogP contribution in [0.2, 0.25) is 0 Å². The predicted molar refractivity (Wildman–Crippen MR) is 85.3 cm³/mol. The smallest absolute Gasteiger partial charge is 0.195 e. The minimum atomic E-state index is -3.34. The molecule has 4 nitrogen and oxygen atoms in total. The van der Waals surface area contributed by atoms with Crippen molar-refractivity contribution in [1.29, 1.82) is 0 Å². The minimum absolute atomic E-state index is 0.192. The molecular formula is C14H29ClN2O2S.